The number of anilines is 2. The molecule has 1 unspecified atom stereocenters. The van der Waals surface area contributed by atoms with E-state index >= 15 is 0 Å². The van der Waals surface area contributed by atoms with Crippen LogP contribution in [0.4, 0.5) is 15.8 Å². The molecule has 0 aliphatic rings. The maximum absolute atomic E-state index is 12.9. The van der Waals surface area contributed by atoms with Gasteiger partial charge in [0.2, 0.25) is 5.91 Å². The molecule has 0 saturated heterocycles. The lowest BCUT2D eigenvalue weighted by atomic mass is 10.2. The van der Waals surface area contributed by atoms with E-state index in [4.69, 9.17) is 10.00 Å². The molecule has 0 heterocycles. The second kappa shape index (κ2) is 12.3. The zero-order chi connectivity index (χ0) is 22.6. The minimum Gasteiger partial charge on any atom is -0.455 e. The number of benzene rings is 2. The predicted molar refractivity (Wildman–Crippen MR) is 117 cm³/mol. The molecule has 2 aromatic carbocycles. The van der Waals surface area contributed by atoms with Crippen LogP contribution in [0.5, 0.6) is 0 Å². The summed E-state index contributed by atoms with van der Waals surface area (Å²) in [6.45, 7) is 1.30. The molecule has 9 heteroatoms. The summed E-state index contributed by atoms with van der Waals surface area (Å²) >= 11 is 1.06. The molecule has 2 rings (SSSR count). The van der Waals surface area contributed by atoms with Crippen molar-refractivity contribution in [3.63, 3.8) is 0 Å². The summed E-state index contributed by atoms with van der Waals surface area (Å²) in [5.74, 6) is -1.84. The number of thioether (sulfide) groups is 1. The van der Waals surface area contributed by atoms with Crippen molar-refractivity contribution >= 4 is 40.9 Å². The molecular weight excluding hydrogens is 421 g/mol. The SMILES string of the molecule is CC(SCC(=O)Nc1ccc(F)cc1)C(=O)OCC(=O)N(CCC#N)c1ccccc1. The number of para-hydroxylation sites is 1. The van der Waals surface area contributed by atoms with Crippen molar-refractivity contribution in [2.24, 2.45) is 0 Å². The highest BCUT2D eigenvalue weighted by atomic mass is 32.2. The van der Waals surface area contributed by atoms with Crippen molar-refractivity contribution in [1.82, 2.24) is 0 Å². The van der Waals surface area contributed by atoms with Crippen molar-refractivity contribution in [2.45, 2.75) is 18.6 Å². The molecule has 1 N–H and O–H groups in total. The van der Waals surface area contributed by atoms with Crippen LogP contribution in [0.15, 0.2) is 54.6 Å². The Balaban J connectivity index is 1.80. The first-order valence-electron chi connectivity index (χ1n) is 9.46. The molecule has 1 atom stereocenters. The summed E-state index contributed by atoms with van der Waals surface area (Å²) in [6.07, 6.45) is 0.143. The molecule has 2 aromatic rings. The van der Waals surface area contributed by atoms with Gasteiger partial charge in [0.25, 0.3) is 5.91 Å². The molecule has 0 aliphatic heterocycles. The van der Waals surface area contributed by atoms with E-state index < -0.39 is 29.6 Å². The number of amides is 2. The Morgan fingerprint density at radius 1 is 1.16 bits per heavy atom. The molecule has 2 amide bonds. The summed E-state index contributed by atoms with van der Waals surface area (Å²) in [5.41, 5.74) is 1.06. The minimum atomic E-state index is -0.670. The Kier molecular flexibility index (Phi) is 9.52. The summed E-state index contributed by atoms with van der Waals surface area (Å²) in [5, 5.41) is 10.7. The topological polar surface area (TPSA) is 99.5 Å². The number of carbonyl (C=O) groups excluding carboxylic acids is 3. The zero-order valence-corrected chi connectivity index (χ0v) is 17.7. The van der Waals surface area contributed by atoms with Crippen LogP contribution in [0.25, 0.3) is 0 Å². The van der Waals surface area contributed by atoms with Gasteiger partial charge in [-0.1, -0.05) is 18.2 Å². The van der Waals surface area contributed by atoms with Crippen molar-refractivity contribution in [3.05, 3.63) is 60.4 Å². The molecule has 0 aliphatic carbocycles. The van der Waals surface area contributed by atoms with Crippen LogP contribution in [-0.4, -0.2) is 41.9 Å². The Morgan fingerprint density at radius 2 is 1.84 bits per heavy atom. The third kappa shape index (κ3) is 8.10. The largest absolute Gasteiger partial charge is 0.455 e. The van der Waals surface area contributed by atoms with E-state index in [2.05, 4.69) is 5.32 Å². The first-order chi connectivity index (χ1) is 14.9. The second-order valence-electron chi connectivity index (χ2n) is 6.41. The van der Waals surface area contributed by atoms with Crippen LogP contribution in [0.3, 0.4) is 0 Å². The first-order valence-corrected chi connectivity index (χ1v) is 10.5. The van der Waals surface area contributed by atoms with Gasteiger partial charge in [-0.05, 0) is 43.3 Å². The summed E-state index contributed by atoms with van der Waals surface area (Å²) in [7, 11) is 0. The number of nitriles is 1. The second-order valence-corrected chi connectivity index (χ2v) is 7.73. The van der Waals surface area contributed by atoms with Crippen LogP contribution in [0.1, 0.15) is 13.3 Å². The summed E-state index contributed by atoms with van der Waals surface area (Å²) < 4.78 is 18.0. The van der Waals surface area contributed by atoms with Crippen LogP contribution >= 0.6 is 11.8 Å². The number of ether oxygens (including phenoxy) is 1. The van der Waals surface area contributed by atoms with Gasteiger partial charge in [0, 0.05) is 17.9 Å². The molecule has 0 bridgehead atoms. The van der Waals surface area contributed by atoms with E-state index in [0.717, 1.165) is 11.8 Å². The maximum Gasteiger partial charge on any atom is 0.319 e. The predicted octanol–water partition coefficient (Wildman–Crippen LogP) is 3.38. The normalized spacial score (nSPS) is 11.1. The van der Waals surface area contributed by atoms with Crippen LogP contribution in [-0.2, 0) is 19.1 Å². The number of nitrogens with zero attached hydrogens (tertiary/aromatic N) is 2. The molecule has 0 spiro atoms. The number of hydrogen-bond acceptors (Lipinski definition) is 6. The van der Waals surface area contributed by atoms with Gasteiger partial charge in [0.05, 0.1) is 18.2 Å². The number of rotatable bonds is 10. The number of halogens is 1. The first kappa shape index (κ1) is 23.9. The molecular formula is C22H22FN3O4S. The molecule has 162 valence electrons. The number of hydrogen-bond donors (Lipinski definition) is 1. The van der Waals surface area contributed by atoms with E-state index in [0.29, 0.717) is 11.4 Å². The summed E-state index contributed by atoms with van der Waals surface area (Å²) in [6, 6.07) is 16.1. The Labute approximate surface area is 184 Å². The number of nitrogens with one attached hydrogen (secondary N) is 1. The Bertz CT molecular complexity index is 932. The molecule has 7 nitrogen and oxygen atoms in total. The van der Waals surface area contributed by atoms with Gasteiger partial charge in [-0.15, -0.1) is 11.8 Å². The number of esters is 1. The molecule has 0 saturated carbocycles. The average Bonchev–Trinajstić information content (AvgIpc) is 2.78. The van der Waals surface area contributed by atoms with Gasteiger partial charge in [-0.25, -0.2) is 4.39 Å². The highest BCUT2D eigenvalue weighted by Crippen LogP contribution is 2.16. The smallest absolute Gasteiger partial charge is 0.319 e. The van der Waals surface area contributed by atoms with Crippen molar-refractivity contribution in [3.8, 4) is 6.07 Å². The Morgan fingerprint density at radius 3 is 2.48 bits per heavy atom. The lowest BCUT2D eigenvalue weighted by Crippen LogP contribution is -2.36. The quantitative estimate of drug-likeness (QED) is 0.565. The lowest BCUT2D eigenvalue weighted by Gasteiger charge is -2.22. The van der Waals surface area contributed by atoms with Gasteiger partial charge < -0.3 is 15.0 Å². The zero-order valence-electron chi connectivity index (χ0n) is 16.9. The van der Waals surface area contributed by atoms with Crippen molar-refractivity contribution < 1.29 is 23.5 Å². The van der Waals surface area contributed by atoms with Crippen LogP contribution in [0, 0.1) is 17.1 Å². The molecule has 0 fully saturated rings. The van der Waals surface area contributed by atoms with E-state index in [9.17, 15) is 18.8 Å². The molecule has 0 aromatic heterocycles. The van der Waals surface area contributed by atoms with Crippen LogP contribution in [0.2, 0.25) is 0 Å². The number of carbonyl (C=O) groups is 3. The maximum atomic E-state index is 12.9. The van der Waals surface area contributed by atoms with Gasteiger partial charge >= 0.3 is 5.97 Å². The fourth-order valence-corrected chi connectivity index (χ4v) is 3.17. The Hall–Kier alpha value is -3.38. The monoisotopic (exact) mass is 443 g/mol. The lowest BCUT2D eigenvalue weighted by molar-refractivity contribution is -0.147. The van der Waals surface area contributed by atoms with Crippen molar-refractivity contribution in [2.75, 3.05) is 29.1 Å². The van der Waals surface area contributed by atoms with E-state index in [1.807, 2.05) is 12.1 Å². The fourth-order valence-electron chi connectivity index (χ4n) is 2.49. The molecule has 0 radical (unpaired) electrons. The van der Waals surface area contributed by atoms with E-state index in [1.165, 1.54) is 29.2 Å². The van der Waals surface area contributed by atoms with Crippen LogP contribution < -0.4 is 10.2 Å². The van der Waals surface area contributed by atoms with Gasteiger partial charge in [-0.3, -0.25) is 14.4 Å². The average molecular weight is 444 g/mol. The van der Waals surface area contributed by atoms with Crippen molar-refractivity contribution in [1.29, 1.82) is 5.26 Å². The standard InChI is InChI=1S/C22H22FN3O4S/c1-16(31-15-20(27)25-18-10-8-17(23)9-11-18)22(29)30-14-21(28)26(13-5-12-24)19-6-3-2-4-7-19/h2-4,6-11,16H,5,13-15H2,1H3,(H,25,27). The third-order valence-corrected chi connectivity index (χ3v) is 5.20. The van der Waals surface area contributed by atoms with E-state index in [1.54, 1.807) is 31.2 Å². The van der Waals surface area contributed by atoms with Gasteiger partial charge in [0.15, 0.2) is 6.61 Å². The van der Waals surface area contributed by atoms with E-state index in [-0.39, 0.29) is 24.6 Å². The fraction of sp³-hybridized carbons (Fsp3) is 0.273. The van der Waals surface area contributed by atoms with Gasteiger partial charge in [0.1, 0.15) is 11.1 Å². The minimum absolute atomic E-state index is 0.0140. The third-order valence-electron chi connectivity index (χ3n) is 4.08. The summed E-state index contributed by atoms with van der Waals surface area (Å²) in [4.78, 5) is 38.1. The highest BCUT2D eigenvalue weighted by Gasteiger charge is 2.21. The molecule has 31 heavy (non-hydrogen) atoms. The van der Waals surface area contributed by atoms with Gasteiger partial charge in [-0.2, -0.15) is 5.26 Å². The highest BCUT2D eigenvalue weighted by molar-refractivity contribution is 8.01.